The molecule has 0 fully saturated rings. The minimum atomic E-state index is 0.784. The molecule has 1 N–H and O–H groups in total. The molecule has 0 bridgehead atoms. The molecule has 20 heavy (non-hydrogen) atoms. The maximum Gasteiger partial charge on any atom is 0.0637 e. The molecule has 0 aromatic heterocycles. The number of rotatable bonds is 6. The maximum atomic E-state index is 6.10. The van der Waals surface area contributed by atoms with Crippen LogP contribution in [0.1, 0.15) is 16.7 Å². The molecule has 0 unspecified atom stereocenters. The van der Waals surface area contributed by atoms with E-state index in [-0.39, 0.29) is 0 Å². The van der Waals surface area contributed by atoms with Crippen molar-refractivity contribution in [1.29, 1.82) is 0 Å². The third-order valence-electron chi connectivity index (χ3n) is 2.99. The topological polar surface area (TPSA) is 12.0 Å². The number of aryl methyl sites for hydroxylation is 2. The Bertz CT molecular complexity index is 548. The summed E-state index contributed by atoms with van der Waals surface area (Å²) in [6.07, 6.45) is 0. The smallest absolute Gasteiger partial charge is 0.0637 e. The zero-order valence-electron chi connectivity index (χ0n) is 11.9. The molecule has 2 rings (SSSR count). The molecule has 1 nitrogen and oxygen atoms in total. The van der Waals surface area contributed by atoms with E-state index in [0.29, 0.717) is 0 Å². The first kappa shape index (κ1) is 15.3. The number of nitrogens with one attached hydrogen (secondary N) is 1. The molecular weight excluding hydrogens is 286 g/mol. The summed E-state index contributed by atoms with van der Waals surface area (Å²) in [5.41, 5.74) is 5.11. The van der Waals surface area contributed by atoms with Gasteiger partial charge in [0.25, 0.3) is 0 Å². The number of hydrogen-bond donors (Lipinski definition) is 1. The average molecular weight is 306 g/mol. The first-order chi connectivity index (χ1) is 9.65. The minimum absolute atomic E-state index is 0.784. The van der Waals surface area contributed by atoms with Crippen LogP contribution in [0.4, 0.5) is 5.69 Å². The second-order valence-corrected chi connectivity index (χ2v) is 6.47. The fourth-order valence-corrected chi connectivity index (χ4v) is 3.20. The molecule has 0 atom stereocenters. The Labute approximate surface area is 130 Å². The predicted octanol–water partition coefficient (Wildman–Crippen LogP) is 5.30. The van der Waals surface area contributed by atoms with E-state index >= 15 is 0 Å². The Hall–Kier alpha value is -1.12. The van der Waals surface area contributed by atoms with E-state index < -0.39 is 0 Å². The van der Waals surface area contributed by atoms with E-state index in [4.69, 9.17) is 11.6 Å². The van der Waals surface area contributed by atoms with Crippen LogP contribution >= 0.6 is 23.4 Å². The number of benzene rings is 2. The van der Waals surface area contributed by atoms with Crippen molar-refractivity contribution in [3.8, 4) is 0 Å². The van der Waals surface area contributed by atoms with Crippen LogP contribution in [0.5, 0.6) is 0 Å². The van der Waals surface area contributed by atoms with Gasteiger partial charge < -0.3 is 5.32 Å². The van der Waals surface area contributed by atoms with Crippen LogP contribution in [0, 0.1) is 13.8 Å². The van der Waals surface area contributed by atoms with E-state index in [2.05, 4.69) is 37.4 Å². The van der Waals surface area contributed by atoms with Gasteiger partial charge in [0.2, 0.25) is 0 Å². The van der Waals surface area contributed by atoms with E-state index in [9.17, 15) is 0 Å². The highest BCUT2D eigenvalue weighted by Gasteiger charge is 1.99. The zero-order valence-corrected chi connectivity index (χ0v) is 13.5. The van der Waals surface area contributed by atoms with Crippen LogP contribution in [-0.2, 0) is 5.75 Å². The number of thioether (sulfide) groups is 1. The molecule has 2 aromatic carbocycles. The lowest BCUT2D eigenvalue weighted by molar-refractivity contribution is 1.22. The third kappa shape index (κ3) is 4.77. The first-order valence-corrected chi connectivity index (χ1v) is 8.32. The monoisotopic (exact) mass is 305 g/mol. The van der Waals surface area contributed by atoms with Crippen molar-refractivity contribution in [2.24, 2.45) is 0 Å². The molecule has 0 saturated heterocycles. The van der Waals surface area contributed by atoms with E-state index in [1.54, 1.807) is 0 Å². The molecule has 106 valence electrons. The van der Waals surface area contributed by atoms with Crippen LogP contribution in [-0.4, -0.2) is 12.3 Å². The minimum Gasteiger partial charge on any atom is -0.383 e. The van der Waals surface area contributed by atoms with Crippen molar-refractivity contribution in [1.82, 2.24) is 0 Å². The van der Waals surface area contributed by atoms with Crippen molar-refractivity contribution in [2.45, 2.75) is 19.6 Å². The summed E-state index contributed by atoms with van der Waals surface area (Å²) in [5, 5.41) is 4.15. The van der Waals surface area contributed by atoms with Gasteiger partial charge in [-0.1, -0.05) is 53.1 Å². The summed E-state index contributed by atoms with van der Waals surface area (Å²) in [6.45, 7) is 5.24. The summed E-state index contributed by atoms with van der Waals surface area (Å²) < 4.78 is 0. The molecule has 0 aliphatic heterocycles. The standard InChI is InChI=1S/C17H20ClNS/c1-13-9-14(2)11-15(10-13)12-20-8-7-19-17-6-4-3-5-16(17)18/h3-6,9-11,19H,7-8,12H2,1-2H3. The molecule has 0 aliphatic carbocycles. The Morgan fingerprint density at radius 3 is 2.45 bits per heavy atom. The molecule has 0 amide bonds. The van der Waals surface area contributed by atoms with Crippen molar-refractivity contribution in [3.05, 3.63) is 64.2 Å². The van der Waals surface area contributed by atoms with Gasteiger partial charge in [-0.2, -0.15) is 11.8 Å². The number of para-hydroxylation sites is 1. The SMILES string of the molecule is Cc1cc(C)cc(CSCCNc2ccccc2Cl)c1. The lowest BCUT2D eigenvalue weighted by Gasteiger charge is -2.08. The lowest BCUT2D eigenvalue weighted by atomic mass is 10.1. The molecule has 2 aromatic rings. The van der Waals surface area contributed by atoms with Crippen LogP contribution in [0.3, 0.4) is 0 Å². The zero-order chi connectivity index (χ0) is 14.4. The van der Waals surface area contributed by atoms with E-state index in [0.717, 1.165) is 28.8 Å². The maximum absolute atomic E-state index is 6.10. The highest BCUT2D eigenvalue weighted by atomic mass is 35.5. The summed E-state index contributed by atoms with van der Waals surface area (Å²) in [6, 6.07) is 14.6. The van der Waals surface area contributed by atoms with Crippen molar-refractivity contribution in [3.63, 3.8) is 0 Å². The fraction of sp³-hybridized carbons (Fsp3) is 0.294. The quantitative estimate of drug-likeness (QED) is 0.727. The lowest BCUT2D eigenvalue weighted by Crippen LogP contribution is -2.04. The van der Waals surface area contributed by atoms with E-state index in [1.165, 1.54) is 16.7 Å². The van der Waals surface area contributed by atoms with Crippen LogP contribution in [0.25, 0.3) is 0 Å². The van der Waals surface area contributed by atoms with Crippen LogP contribution in [0.2, 0.25) is 5.02 Å². The number of hydrogen-bond acceptors (Lipinski definition) is 2. The highest BCUT2D eigenvalue weighted by molar-refractivity contribution is 7.98. The molecule has 0 saturated carbocycles. The van der Waals surface area contributed by atoms with Crippen LogP contribution in [0.15, 0.2) is 42.5 Å². The second kappa shape index (κ2) is 7.61. The van der Waals surface area contributed by atoms with Gasteiger partial charge in [-0.05, 0) is 31.5 Å². The van der Waals surface area contributed by atoms with Gasteiger partial charge in [0.15, 0.2) is 0 Å². The Morgan fingerprint density at radius 1 is 1.05 bits per heavy atom. The van der Waals surface area contributed by atoms with Crippen molar-refractivity contribution >= 4 is 29.1 Å². The molecular formula is C17H20ClNS. The van der Waals surface area contributed by atoms with E-state index in [1.807, 2.05) is 36.0 Å². The number of halogens is 1. The third-order valence-corrected chi connectivity index (χ3v) is 4.35. The van der Waals surface area contributed by atoms with Gasteiger partial charge in [0.05, 0.1) is 10.7 Å². The van der Waals surface area contributed by atoms with Gasteiger partial charge in [0, 0.05) is 18.1 Å². The van der Waals surface area contributed by atoms with Gasteiger partial charge in [0.1, 0.15) is 0 Å². The largest absolute Gasteiger partial charge is 0.383 e. The average Bonchev–Trinajstić information content (AvgIpc) is 2.39. The molecule has 0 aliphatic rings. The Kier molecular flexibility index (Phi) is 5.81. The van der Waals surface area contributed by atoms with Crippen molar-refractivity contribution in [2.75, 3.05) is 17.6 Å². The molecule has 0 spiro atoms. The Morgan fingerprint density at radius 2 is 1.75 bits per heavy atom. The molecule has 0 radical (unpaired) electrons. The number of anilines is 1. The fourth-order valence-electron chi connectivity index (χ4n) is 2.20. The summed E-state index contributed by atoms with van der Waals surface area (Å²) in [7, 11) is 0. The summed E-state index contributed by atoms with van der Waals surface area (Å²) in [5.74, 6) is 2.13. The highest BCUT2D eigenvalue weighted by Crippen LogP contribution is 2.21. The van der Waals surface area contributed by atoms with Crippen molar-refractivity contribution < 1.29 is 0 Å². The van der Waals surface area contributed by atoms with Gasteiger partial charge >= 0.3 is 0 Å². The second-order valence-electron chi connectivity index (χ2n) is 4.96. The molecule has 0 heterocycles. The Balaban J connectivity index is 1.73. The van der Waals surface area contributed by atoms with Crippen LogP contribution < -0.4 is 5.32 Å². The normalized spacial score (nSPS) is 10.6. The van der Waals surface area contributed by atoms with Gasteiger partial charge in [-0.15, -0.1) is 0 Å². The summed E-state index contributed by atoms with van der Waals surface area (Å²) >= 11 is 8.04. The molecule has 3 heteroatoms. The predicted molar refractivity (Wildman–Crippen MR) is 92.0 cm³/mol. The summed E-state index contributed by atoms with van der Waals surface area (Å²) in [4.78, 5) is 0. The first-order valence-electron chi connectivity index (χ1n) is 6.78. The van der Waals surface area contributed by atoms with Gasteiger partial charge in [-0.3, -0.25) is 0 Å². The van der Waals surface area contributed by atoms with Gasteiger partial charge in [-0.25, -0.2) is 0 Å².